The molecule has 0 amide bonds. The SMILES string of the molecule is COc1nc(N)nc(OCCCO)c1N. The number of aliphatic hydroxyl groups excluding tert-OH is 1. The summed E-state index contributed by atoms with van der Waals surface area (Å²) in [5, 5.41) is 8.58. The van der Waals surface area contributed by atoms with Crippen molar-refractivity contribution in [2.24, 2.45) is 0 Å². The second-order valence-electron chi connectivity index (χ2n) is 2.74. The topological polar surface area (TPSA) is 117 Å². The highest BCUT2D eigenvalue weighted by atomic mass is 16.5. The van der Waals surface area contributed by atoms with E-state index in [1.807, 2.05) is 0 Å². The highest BCUT2D eigenvalue weighted by Crippen LogP contribution is 2.28. The Hall–Kier alpha value is -1.76. The standard InChI is InChI=1S/C8H14N4O3/c1-14-6-5(9)7(12-8(10)11-6)15-4-2-3-13/h13H,2-4,9H2,1H3,(H2,10,11,12). The van der Waals surface area contributed by atoms with E-state index in [0.29, 0.717) is 13.0 Å². The monoisotopic (exact) mass is 214 g/mol. The van der Waals surface area contributed by atoms with Crippen LogP contribution in [0.1, 0.15) is 6.42 Å². The van der Waals surface area contributed by atoms with Gasteiger partial charge in [-0.05, 0) is 0 Å². The van der Waals surface area contributed by atoms with Crippen LogP contribution in [-0.2, 0) is 0 Å². The van der Waals surface area contributed by atoms with Gasteiger partial charge in [0, 0.05) is 13.0 Å². The molecule has 0 aliphatic rings. The van der Waals surface area contributed by atoms with Gasteiger partial charge in [-0.15, -0.1) is 0 Å². The zero-order valence-corrected chi connectivity index (χ0v) is 8.43. The normalized spacial score (nSPS) is 10.0. The number of nitrogen functional groups attached to an aromatic ring is 2. The molecule has 1 aromatic rings. The lowest BCUT2D eigenvalue weighted by Crippen LogP contribution is -2.08. The number of aliphatic hydroxyl groups is 1. The Morgan fingerprint density at radius 1 is 1.27 bits per heavy atom. The minimum Gasteiger partial charge on any atom is -0.479 e. The van der Waals surface area contributed by atoms with Crippen molar-refractivity contribution in [1.82, 2.24) is 9.97 Å². The number of aromatic nitrogens is 2. The van der Waals surface area contributed by atoms with Crippen molar-refractivity contribution in [1.29, 1.82) is 0 Å². The molecule has 15 heavy (non-hydrogen) atoms. The summed E-state index contributed by atoms with van der Waals surface area (Å²) in [5.41, 5.74) is 11.3. The fraction of sp³-hybridized carbons (Fsp3) is 0.500. The van der Waals surface area contributed by atoms with Gasteiger partial charge in [0.05, 0.1) is 13.7 Å². The number of hydrogen-bond donors (Lipinski definition) is 3. The Balaban J connectivity index is 2.81. The van der Waals surface area contributed by atoms with Gasteiger partial charge in [-0.25, -0.2) is 0 Å². The third-order valence-corrected chi connectivity index (χ3v) is 1.63. The number of rotatable bonds is 5. The summed E-state index contributed by atoms with van der Waals surface area (Å²) in [6, 6.07) is 0. The second-order valence-corrected chi connectivity index (χ2v) is 2.74. The molecule has 0 fully saturated rings. The van der Waals surface area contributed by atoms with Gasteiger partial charge in [-0.1, -0.05) is 0 Å². The van der Waals surface area contributed by atoms with Crippen LogP contribution in [0.2, 0.25) is 0 Å². The molecule has 0 atom stereocenters. The minimum atomic E-state index is 0.0278. The number of nitrogens with two attached hydrogens (primary N) is 2. The largest absolute Gasteiger partial charge is 0.479 e. The molecule has 0 radical (unpaired) electrons. The fourth-order valence-corrected chi connectivity index (χ4v) is 0.944. The average molecular weight is 214 g/mol. The number of hydrogen-bond acceptors (Lipinski definition) is 7. The summed E-state index contributed by atoms with van der Waals surface area (Å²) in [5.74, 6) is 0.384. The minimum absolute atomic E-state index is 0.0278. The van der Waals surface area contributed by atoms with Crippen LogP contribution in [0, 0.1) is 0 Å². The van der Waals surface area contributed by atoms with Gasteiger partial charge in [0.25, 0.3) is 0 Å². The summed E-state index contributed by atoms with van der Waals surface area (Å²) in [4.78, 5) is 7.58. The molecule has 7 nitrogen and oxygen atoms in total. The third kappa shape index (κ3) is 2.84. The van der Waals surface area contributed by atoms with E-state index in [1.54, 1.807) is 0 Å². The number of ether oxygens (including phenoxy) is 2. The van der Waals surface area contributed by atoms with Gasteiger partial charge in [0.15, 0.2) is 5.69 Å². The van der Waals surface area contributed by atoms with E-state index in [2.05, 4.69) is 9.97 Å². The third-order valence-electron chi connectivity index (χ3n) is 1.63. The summed E-state index contributed by atoms with van der Waals surface area (Å²) in [6.07, 6.45) is 0.492. The van der Waals surface area contributed by atoms with Crippen molar-refractivity contribution in [3.8, 4) is 11.8 Å². The molecular weight excluding hydrogens is 200 g/mol. The lowest BCUT2D eigenvalue weighted by molar-refractivity contribution is 0.229. The summed E-state index contributed by atoms with van der Waals surface area (Å²) in [6.45, 7) is 0.345. The van der Waals surface area contributed by atoms with Crippen molar-refractivity contribution in [2.75, 3.05) is 31.8 Å². The molecule has 7 heteroatoms. The number of methoxy groups -OCH3 is 1. The van der Waals surface area contributed by atoms with E-state index in [-0.39, 0.29) is 30.0 Å². The Morgan fingerprint density at radius 2 is 1.93 bits per heavy atom. The molecule has 0 saturated heterocycles. The van der Waals surface area contributed by atoms with Gasteiger partial charge < -0.3 is 26.0 Å². The van der Waals surface area contributed by atoms with Crippen molar-refractivity contribution >= 4 is 11.6 Å². The Kier molecular flexibility index (Phi) is 3.92. The molecule has 0 bridgehead atoms. The van der Waals surface area contributed by atoms with Crippen molar-refractivity contribution in [2.45, 2.75) is 6.42 Å². The van der Waals surface area contributed by atoms with Crippen LogP contribution in [-0.4, -0.2) is 35.4 Å². The molecule has 0 spiro atoms. The first-order valence-electron chi connectivity index (χ1n) is 4.39. The van der Waals surface area contributed by atoms with Gasteiger partial charge in [-0.3, -0.25) is 0 Å². The summed E-state index contributed by atoms with van der Waals surface area (Å²) in [7, 11) is 1.43. The maximum atomic E-state index is 8.58. The molecule has 1 heterocycles. The molecule has 0 saturated carbocycles. The molecule has 84 valence electrons. The molecule has 1 aromatic heterocycles. The Morgan fingerprint density at radius 3 is 2.53 bits per heavy atom. The van der Waals surface area contributed by atoms with Crippen LogP contribution in [0.5, 0.6) is 11.8 Å². The maximum absolute atomic E-state index is 8.58. The first-order chi connectivity index (χ1) is 7.19. The van der Waals surface area contributed by atoms with Crippen molar-refractivity contribution < 1.29 is 14.6 Å². The van der Waals surface area contributed by atoms with Gasteiger partial charge in [-0.2, -0.15) is 9.97 Å². The summed E-state index contributed by atoms with van der Waals surface area (Å²) >= 11 is 0. The van der Waals surface area contributed by atoms with E-state index in [0.717, 1.165) is 0 Å². The molecule has 5 N–H and O–H groups in total. The fourth-order valence-electron chi connectivity index (χ4n) is 0.944. The molecule has 0 aliphatic heterocycles. The zero-order valence-electron chi connectivity index (χ0n) is 8.43. The predicted molar refractivity (Wildman–Crippen MR) is 54.6 cm³/mol. The van der Waals surface area contributed by atoms with Gasteiger partial charge in [0.1, 0.15) is 0 Å². The van der Waals surface area contributed by atoms with Gasteiger partial charge >= 0.3 is 0 Å². The lowest BCUT2D eigenvalue weighted by atomic mass is 10.4. The quantitative estimate of drug-likeness (QED) is 0.561. The van der Waals surface area contributed by atoms with Gasteiger partial charge in [0.2, 0.25) is 17.7 Å². The summed E-state index contributed by atoms with van der Waals surface area (Å²) < 4.78 is 10.1. The van der Waals surface area contributed by atoms with Crippen LogP contribution in [0.25, 0.3) is 0 Å². The number of anilines is 2. The first kappa shape index (κ1) is 11.3. The predicted octanol–water partition coefficient (Wildman–Crippen LogP) is -0.589. The van der Waals surface area contributed by atoms with Crippen LogP contribution < -0.4 is 20.9 Å². The second kappa shape index (κ2) is 5.20. The highest BCUT2D eigenvalue weighted by molar-refractivity contribution is 5.58. The molecule has 1 rings (SSSR count). The van der Waals surface area contributed by atoms with E-state index in [1.165, 1.54) is 7.11 Å². The average Bonchev–Trinajstić information content (AvgIpc) is 2.23. The Labute approximate surface area is 87.0 Å². The zero-order chi connectivity index (χ0) is 11.3. The Bertz CT molecular complexity index is 332. The van der Waals surface area contributed by atoms with E-state index in [4.69, 9.17) is 26.0 Å². The maximum Gasteiger partial charge on any atom is 0.246 e. The van der Waals surface area contributed by atoms with Crippen LogP contribution in [0.3, 0.4) is 0 Å². The van der Waals surface area contributed by atoms with Crippen LogP contribution in [0.15, 0.2) is 0 Å². The van der Waals surface area contributed by atoms with E-state index < -0.39 is 0 Å². The lowest BCUT2D eigenvalue weighted by Gasteiger charge is -2.09. The number of nitrogens with zero attached hydrogens (tertiary/aromatic N) is 2. The van der Waals surface area contributed by atoms with Crippen molar-refractivity contribution in [3.63, 3.8) is 0 Å². The molecule has 0 aliphatic carbocycles. The van der Waals surface area contributed by atoms with Crippen molar-refractivity contribution in [3.05, 3.63) is 0 Å². The highest BCUT2D eigenvalue weighted by Gasteiger charge is 2.11. The first-order valence-corrected chi connectivity index (χ1v) is 4.39. The van der Waals surface area contributed by atoms with Crippen LogP contribution >= 0.6 is 0 Å². The van der Waals surface area contributed by atoms with Crippen LogP contribution in [0.4, 0.5) is 11.6 Å². The molecule has 0 aromatic carbocycles. The van der Waals surface area contributed by atoms with E-state index in [9.17, 15) is 0 Å². The smallest absolute Gasteiger partial charge is 0.246 e. The van der Waals surface area contributed by atoms with E-state index >= 15 is 0 Å². The molecule has 0 unspecified atom stereocenters. The molecular formula is C8H14N4O3.